The highest BCUT2D eigenvalue weighted by atomic mass is 32.2. The maximum atomic E-state index is 13.2. The molecular formula is C20H25N3O5S. The van der Waals surface area contributed by atoms with Crippen LogP contribution in [0.15, 0.2) is 35.4 Å². The molecule has 1 N–H and O–H groups in total. The number of esters is 1. The van der Waals surface area contributed by atoms with Gasteiger partial charge in [-0.1, -0.05) is 12.1 Å². The van der Waals surface area contributed by atoms with Gasteiger partial charge < -0.3 is 14.6 Å². The van der Waals surface area contributed by atoms with Gasteiger partial charge >= 0.3 is 5.97 Å². The molecule has 0 saturated carbocycles. The van der Waals surface area contributed by atoms with Gasteiger partial charge in [0.15, 0.2) is 0 Å². The quantitative estimate of drug-likeness (QED) is 0.750. The van der Waals surface area contributed by atoms with Crippen molar-refractivity contribution >= 4 is 27.6 Å². The van der Waals surface area contributed by atoms with Gasteiger partial charge in [0.05, 0.1) is 7.11 Å². The van der Waals surface area contributed by atoms with Crippen LogP contribution in [0, 0.1) is 13.8 Å². The van der Waals surface area contributed by atoms with Crippen LogP contribution >= 0.6 is 0 Å². The maximum absolute atomic E-state index is 13.2. The number of ether oxygens (including phenoxy) is 1. The predicted molar refractivity (Wildman–Crippen MR) is 108 cm³/mol. The van der Waals surface area contributed by atoms with Gasteiger partial charge in [-0.05, 0) is 49.9 Å². The third-order valence-electron chi connectivity index (χ3n) is 5.35. The molecule has 1 aromatic heterocycles. The van der Waals surface area contributed by atoms with Crippen molar-refractivity contribution in [2.75, 3.05) is 19.0 Å². The van der Waals surface area contributed by atoms with Crippen molar-refractivity contribution in [1.29, 1.82) is 0 Å². The van der Waals surface area contributed by atoms with Gasteiger partial charge in [-0.25, -0.2) is 13.2 Å². The molecule has 9 heteroatoms. The lowest BCUT2D eigenvalue weighted by atomic mass is 10.1. The number of nitrogens with zero attached hydrogens (tertiary/aromatic N) is 2. The average molecular weight is 420 g/mol. The number of aryl methyl sites for hydroxylation is 2. The van der Waals surface area contributed by atoms with E-state index in [1.165, 1.54) is 28.2 Å². The van der Waals surface area contributed by atoms with Gasteiger partial charge in [0.2, 0.25) is 15.9 Å². The lowest BCUT2D eigenvalue weighted by Crippen LogP contribution is -2.43. The van der Waals surface area contributed by atoms with E-state index in [4.69, 9.17) is 0 Å². The Labute approximate surface area is 170 Å². The van der Waals surface area contributed by atoms with Crippen molar-refractivity contribution in [2.45, 2.75) is 37.6 Å². The molecule has 0 bridgehead atoms. The van der Waals surface area contributed by atoms with Gasteiger partial charge in [0, 0.05) is 25.5 Å². The number of aromatic nitrogens is 1. The smallest absolute Gasteiger partial charge is 0.354 e. The first-order valence-electron chi connectivity index (χ1n) is 9.30. The minimum absolute atomic E-state index is 0.0353. The minimum atomic E-state index is -3.94. The first kappa shape index (κ1) is 21.1. The van der Waals surface area contributed by atoms with Crippen molar-refractivity contribution in [3.8, 4) is 0 Å². The first-order valence-corrected chi connectivity index (χ1v) is 10.7. The van der Waals surface area contributed by atoms with Crippen LogP contribution in [0.5, 0.6) is 0 Å². The molecule has 1 aromatic carbocycles. The fourth-order valence-corrected chi connectivity index (χ4v) is 5.24. The third-order valence-corrected chi connectivity index (χ3v) is 7.22. The molecular weight excluding hydrogens is 394 g/mol. The molecule has 1 atom stereocenters. The summed E-state index contributed by atoms with van der Waals surface area (Å²) in [5, 5.41) is 2.87. The van der Waals surface area contributed by atoms with Crippen LogP contribution in [0.2, 0.25) is 0 Å². The Hall–Kier alpha value is -2.65. The molecule has 0 spiro atoms. The van der Waals surface area contributed by atoms with Crippen LogP contribution in [0.1, 0.15) is 34.5 Å². The van der Waals surface area contributed by atoms with Crippen LogP contribution < -0.4 is 5.32 Å². The average Bonchev–Trinajstić information content (AvgIpc) is 3.32. The topological polar surface area (TPSA) is 97.7 Å². The molecule has 156 valence electrons. The van der Waals surface area contributed by atoms with Gasteiger partial charge in [0.1, 0.15) is 16.6 Å². The highest BCUT2D eigenvalue weighted by Gasteiger charge is 2.40. The number of amides is 1. The van der Waals surface area contributed by atoms with Crippen molar-refractivity contribution < 1.29 is 22.7 Å². The number of anilines is 1. The molecule has 3 rings (SSSR count). The van der Waals surface area contributed by atoms with E-state index in [1.54, 1.807) is 13.1 Å². The number of benzene rings is 1. The largest absolute Gasteiger partial charge is 0.464 e. The second kappa shape index (κ2) is 8.00. The zero-order valence-corrected chi connectivity index (χ0v) is 17.7. The van der Waals surface area contributed by atoms with Crippen molar-refractivity contribution in [2.24, 2.45) is 7.05 Å². The number of hydrogen-bond donors (Lipinski definition) is 1. The Morgan fingerprint density at radius 1 is 1.24 bits per heavy atom. The van der Waals surface area contributed by atoms with E-state index in [0.717, 1.165) is 11.1 Å². The fraction of sp³-hybridized carbons (Fsp3) is 0.400. The molecule has 8 nitrogen and oxygen atoms in total. The van der Waals surface area contributed by atoms with Gasteiger partial charge in [-0.15, -0.1) is 0 Å². The second-order valence-electron chi connectivity index (χ2n) is 7.17. The molecule has 1 amide bonds. The summed E-state index contributed by atoms with van der Waals surface area (Å²) in [5.41, 5.74) is 2.78. The van der Waals surface area contributed by atoms with Crippen molar-refractivity contribution in [3.63, 3.8) is 0 Å². The lowest BCUT2D eigenvalue weighted by molar-refractivity contribution is -0.119. The highest BCUT2D eigenvalue weighted by Crippen LogP contribution is 2.29. The van der Waals surface area contributed by atoms with E-state index in [0.29, 0.717) is 18.5 Å². The van der Waals surface area contributed by atoms with E-state index >= 15 is 0 Å². The van der Waals surface area contributed by atoms with E-state index in [1.807, 2.05) is 26.0 Å². The van der Waals surface area contributed by atoms with Crippen LogP contribution in [-0.4, -0.2) is 48.9 Å². The first-order chi connectivity index (χ1) is 13.7. The summed E-state index contributed by atoms with van der Waals surface area (Å²) in [6.07, 6.45) is 2.38. The summed E-state index contributed by atoms with van der Waals surface area (Å²) >= 11 is 0. The van der Waals surface area contributed by atoms with E-state index in [-0.39, 0.29) is 23.0 Å². The zero-order valence-electron chi connectivity index (χ0n) is 16.9. The number of sulfonamides is 1. The Bertz CT molecular complexity index is 1060. The minimum Gasteiger partial charge on any atom is -0.464 e. The summed E-state index contributed by atoms with van der Waals surface area (Å²) in [5.74, 6) is -0.983. The van der Waals surface area contributed by atoms with Gasteiger partial charge in [-0.3, -0.25) is 4.79 Å². The number of nitrogens with one attached hydrogen (secondary N) is 1. The highest BCUT2D eigenvalue weighted by molar-refractivity contribution is 7.89. The molecule has 0 radical (unpaired) electrons. The second-order valence-corrected chi connectivity index (χ2v) is 9.06. The van der Waals surface area contributed by atoms with E-state index in [9.17, 15) is 18.0 Å². The summed E-state index contributed by atoms with van der Waals surface area (Å²) in [6.45, 7) is 4.10. The molecule has 2 heterocycles. The lowest BCUT2D eigenvalue weighted by Gasteiger charge is -2.23. The standard InChI is InChI=1S/C20H25N3O5S/c1-13-7-5-8-16(14(13)2)21-19(24)17-9-6-10-23(17)29(26,27)15-11-18(20(25)28-4)22(3)12-15/h5,7-8,11-12,17H,6,9-10H2,1-4H3,(H,21,24)/t17-/m0/s1. The van der Waals surface area contributed by atoms with Gasteiger partial charge in [-0.2, -0.15) is 4.31 Å². The van der Waals surface area contributed by atoms with Crippen molar-refractivity contribution in [3.05, 3.63) is 47.3 Å². The third kappa shape index (κ3) is 3.92. The normalized spacial score (nSPS) is 17.3. The molecule has 1 fully saturated rings. The molecule has 0 unspecified atom stereocenters. The van der Waals surface area contributed by atoms with E-state index < -0.39 is 22.0 Å². The molecule has 1 aliphatic heterocycles. The number of carbonyl (C=O) groups excluding carboxylic acids is 2. The summed E-state index contributed by atoms with van der Waals surface area (Å²) in [6, 6.07) is 6.07. The Morgan fingerprint density at radius 2 is 1.97 bits per heavy atom. The monoisotopic (exact) mass is 419 g/mol. The molecule has 0 aliphatic carbocycles. The molecule has 1 aliphatic rings. The summed E-state index contributed by atoms with van der Waals surface area (Å²) < 4.78 is 33.7. The number of hydrogen-bond acceptors (Lipinski definition) is 5. The van der Waals surface area contributed by atoms with Crippen LogP contribution in [0.25, 0.3) is 0 Å². The van der Waals surface area contributed by atoms with Gasteiger partial charge in [0.25, 0.3) is 0 Å². The van der Waals surface area contributed by atoms with Crippen molar-refractivity contribution in [1.82, 2.24) is 8.87 Å². The summed E-state index contributed by atoms with van der Waals surface area (Å²) in [7, 11) is -1.14. The zero-order chi connectivity index (χ0) is 21.3. The summed E-state index contributed by atoms with van der Waals surface area (Å²) in [4.78, 5) is 24.7. The number of rotatable bonds is 5. The Balaban J connectivity index is 1.87. The molecule has 2 aromatic rings. The maximum Gasteiger partial charge on any atom is 0.354 e. The molecule has 1 saturated heterocycles. The van der Waals surface area contributed by atoms with E-state index in [2.05, 4.69) is 10.1 Å². The molecule has 29 heavy (non-hydrogen) atoms. The predicted octanol–water partition coefficient (Wildman–Crippen LogP) is 2.22. The Morgan fingerprint density at radius 3 is 2.66 bits per heavy atom. The number of methoxy groups -OCH3 is 1. The SMILES string of the molecule is COC(=O)c1cc(S(=O)(=O)N2CCC[C@H]2C(=O)Nc2cccc(C)c2C)cn1C. The number of carbonyl (C=O) groups is 2. The van der Waals surface area contributed by atoms with Crippen LogP contribution in [0.3, 0.4) is 0 Å². The van der Waals surface area contributed by atoms with Crippen LogP contribution in [0.4, 0.5) is 5.69 Å². The Kier molecular flexibility index (Phi) is 5.81. The fourth-order valence-electron chi connectivity index (χ4n) is 3.51. The van der Waals surface area contributed by atoms with Crippen LogP contribution in [-0.2, 0) is 26.6 Å².